The molecule has 0 spiro atoms. The Morgan fingerprint density at radius 1 is 0.729 bits per heavy atom. The zero-order valence-corrected chi connectivity index (χ0v) is 26.5. The van der Waals surface area contributed by atoms with Gasteiger partial charge in [0, 0.05) is 29.7 Å². The number of nitrogens with zero attached hydrogens (tertiary/aromatic N) is 4. The predicted octanol–water partition coefficient (Wildman–Crippen LogP) is 9.09. The van der Waals surface area contributed by atoms with Crippen LogP contribution in [0.2, 0.25) is 0 Å². The zero-order valence-electron chi connectivity index (χ0n) is 26.5. The van der Waals surface area contributed by atoms with Gasteiger partial charge in [-0.2, -0.15) is 10.5 Å². The lowest BCUT2D eigenvalue weighted by Crippen LogP contribution is -1.99. The van der Waals surface area contributed by atoms with Crippen LogP contribution in [0.3, 0.4) is 0 Å². The summed E-state index contributed by atoms with van der Waals surface area (Å²) >= 11 is 0. The van der Waals surface area contributed by atoms with Crippen molar-refractivity contribution in [3.05, 3.63) is 151 Å². The van der Waals surface area contributed by atoms with E-state index in [4.69, 9.17) is 16.5 Å². The van der Waals surface area contributed by atoms with E-state index in [-0.39, 0.29) is 0 Å². The number of aromatic nitrogens is 2. The van der Waals surface area contributed by atoms with Crippen molar-refractivity contribution in [1.82, 2.24) is 9.97 Å². The molecule has 2 heterocycles. The SMILES string of the molecule is N#C/C(=C/CC/C=C\C(=C/N)c1ccc(-c2ccc(-c3ccc(-c4cc(C#N)ccn4)nc3)c3ccccc23)c2ccccc12)CCN. The normalized spacial score (nSPS) is 12.0. The summed E-state index contributed by atoms with van der Waals surface area (Å²) in [5.41, 5.74) is 20.8. The summed E-state index contributed by atoms with van der Waals surface area (Å²) in [6, 6.07) is 37.4. The monoisotopic (exact) mass is 622 g/mol. The van der Waals surface area contributed by atoms with Crippen LogP contribution in [0.25, 0.3) is 60.8 Å². The molecule has 2 aromatic heterocycles. The third kappa shape index (κ3) is 6.62. The van der Waals surface area contributed by atoms with Gasteiger partial charge in [-0.3, -0.25) is 9.97 Å². The van der Waals surface area contributed by atoms with E-state index in [1.54, 1.807) is 24.5 Å². The summed E-state index contributed by atoms with van der Waals surface area (Å²) in [6.45, 7) is 0.475. The molecular formula is C42H34N6. The fourth-order valence-corrected chi connectivity index (χ4v) is 6.07. The molecule has 0 radical (unpaired) electrons. The van der Waals surface area contributed by atoms with Gasteiger partial charge in [0.05, 0.1) is 29.1 Å². The van der Waals surface area contributed by atoms with Crippen LogP contribution in [0.15, 0.2) is 139 Å². The van der Waals surface area contributed by atoms with E-state index in [1.165, 1.54) is 0 Å². The summed E-state index contributed by atoms with van der Waals surface area (Å²) in [5, 5.41) is 23.1. The molecule has 0 unspecified atom stereocenters. The summed E-state index contributed by atoms with van der Waals surface area (Å²) < 4.78 is 0. The van der Waals surface area contributed by atoms with Gasteiger partial charge < -0.3 is 11.5 Å². The fourth-order valence-electron chi connectivity index (χ4n) is 6.07. The number of hydrogen-bond acceptors (Lipinski definition) is 6. The lowest BCUT2D eigenvalue weighted by Gasteiger charge is -2.16. The molecule has 0 saturated heterocycles. The Morgan fingerprint density at radius 2 is 1.42 bits per heavy atom. The van der Waals surface area contributed by atoms with Crippen molar-refractivity contribution in [2.45, 2.75) is 19.3 Å². The molecule has 6 rings (SSSR count). The Kier molecular flexibility index (Phi) is 9.78. The largest absolute Gasteiger partial charge is 0.404 e. The summed E-state index contributed by atoms with van der Waals surface area (Å²) in [5.74, 6) is 0. The molecule has 0 aliphatic carbocycles. The molecule has 6 nitrogen and oxygen atoms in total. The molecule has 6 heteroatoms. The average Bonchev–Trinajstić information content (AvgIpc) is 3.15. The second-order valence-electron chi connectivity index (χ2n) is 11.4. The Labute approximate surface area is 280 Å². The smallest absolute Gasteiger partial charge is 0.0992 e. The predicted molar refractivity (Wildman–Crippen MR) is 196 cm³/mol. The highest BCUT2D eigenvalue weighted by atomic mass is 14.8. The second-order valence-corrected chi connectivity index (χ2v) is 11.4. The number of nitrogens with two attached hydrogens (primary N) is 2. The van der Waals surface area contributed by atoms with Crippen LogP contribution in [0, 0.1) is 22.7 Å². The molecule has 4 N–H and O–H groups in total. The summed E-state index contributed by atoms with van der Waals surface area (Å²) in [7, 11) is 0. The number of allylic oxidation sites excluding steroid dienone is 4. The number of fused-ring (bicyclic) bond motifs is 2. The van der Waals surface area contributed by atoms with Gasteiger partial charge in [-0.05, 0) is 93.4 Å². The van der Waals surface area contributed by atoms with Gasteiger partial charge in [0.15, 0.2) is 0 Å². The van der Waals surface area contributed by atoms with Gasteiger partial charge in [0.25, 0.3) is 0 Å². The fraction of sp³-hybridized carbons (Fsp3) is 0.0952. The first-order valence-corrected chi connectivity index (χ1v) is 15.9. The lowest BCUT2D eigenvalue weighted by atomic mass is 9.88. The molecule has 0 amide bonds. The van der Waals surface area contributed by atoms with Crippen molar-refractivity contribution in [2.75, 3.05) is 6.54 Å². The van der Waals surface area contributed by atoms with Gasteiger partial charge in [0.2, 0.25) is 0 Å². The van der Waals surface area contributed by atoms with E-state index in [0.29, 0.717) is 24.2 Å². The molecule has 0 fully saturated rings. The molecule has 0 atom stereocenters. The minimum atomic E-state index is 0.475. The number of hydrogen-bond donors (Lipinski definition) is 2. The van der Waals surface area contributed by atoms with Gasteiger partial charge in [-0.1, -0.05) is 97.1 Å². The van der Waals surface area contributed by atoms with Crippen molar-refractivity contribution < 1.29 is 0 Å². The first-order valence-electron chi connectivity index (χ1n) is 15.9. The molecule has 232 valence electrons. The van der Waals surface area contributed by atoms with Crippen molar-refractivity contribution >= 4 is 27.1 Å². The maximum atomic E-state index is 9.28. The standard InChI is InChI=1S/C42H34N6/c43-22-20-29(25-44)8-2-1-3-9-31(27-46)33-15-17-39(37-12-6-4-10-35(33)37)40-18-16-34(36-11-5-7-13-38(36)40)32-14-19-41(48-28-32)42-24-30(26-45)21-23-47-42/h3-19,21,23-24,27-28H,1-2,20,22,43,46H2/b9-3-,29-8+,31-27+. The number of rotatable bonds is 10. The van der Waals surface area contributed by atoms with Gasteiger partial charge in [-0.25, -0.2) is 0 Å². The number of unbranched alkanes of at least 4 members (excludes halogenated alkanes) is 1. The van der Waals surface area contributed by atoms with Crippen molar-refractivity contribution in [3.8, 4) is 45.8 Å². The number of benzene rings is 4. The maximum absolute atomic E-state index is 9.28. The average molecular weight is 623 g/mol. The summed E-state index contributed by atoms with van der Waals surface area (Å²) in [6.07, 6.45) is 13.5. The lowest BCUT2D eigenvalue weighted by molar-refractivity contribution is 0.951. The number of pyridine rings is 2. The second kappa shape index (κ2) is 14.8. The Bertz CT molecular complexity index is 2280. The molecule has 0 bridgehead atoms. The maximum Gasteiger partial charge on any atom is 0.0992 e. The van der Waals surface area contributed by atoms with Crippen LogP contribution in [0.1, 0.15) is 30.4 Å². The van der Waals surface area contributed by atoms with Gasteiger partial charge >= 0.3 is 0 Å². The van der Waals surface area contributed by atoms with E-state index >= 15 is 0 Å². The summed E-state index contributed by atoms with van der Waals surface area (Å²) in [4.78, 5) is 9.10. The first kappa shape index (κ1) is 31.6. The molecular weight excluding hydrogens is 589 g/mol. The topological polar surface area (TPSA) is 125 Å². The van der Waals surface area contributed by atoms with E-state index in [2.05, 4.69) is 108 Å². The quantitative estimate of drug-likeness (QED) is 0.0892. The van der Waals surface area contributed by atoms with E-state index < -0.39 is 0 Å². The zero-order chi connectivity index (χ0) is 33.3. The van der Waals surface area contributed by atoms with Gasteiger partial charge in [-0.15, -0.1) is 0 Å². The molecule has 4 aromatic carbocycles. The van der Waals surface area contributed by atoms with Crippen LogP contribution in [0.4, 0.5) is 0 Å². The van der Waals surface area contributed by atoms with Crippen LogP contribution in [0.5, 0.6) is 0 Å². The Hall–Kier alpha value is -6.34. The molecule has 0 aliphatic rings. The minimum Gasteiger partial charge on any atom is -0.404 e. The van der Waals surface area contributed by atoms with Crippen LogP contribution >= 0.6 is 0 Å². The van der Waals surface area contributed by atoms with Crippen molar-refractivity contribution in [2.24, 2.45) is 11.5 Å². The molecule has 0 saturated carbocycles. The highest BCUT2D eigenvalue weighted by molar-refractivity contribution is 6.11. The third-order valence-electron chi connectivity index (χ3n) is 8.43. The van der Waals surface area contributed by atoms with Crippen molar-refractivity contribution in [1.29, 1.82) is 10.5 Å². The Balaban J connectivity index is 1.34. The number of nitriles is 2. The van der Waals surface area contributed by atoms with Gasteiger partial charge in [0.1, 0.15) is 0 Å². The molecule has 6 aromatic rings. The first-order chi connectivity index (χ1) is 23.6. The molecule has 0 aliphatic heterocycles. The van der Waals surface area contributed by atoms with E-state index in [9.17, 15) is 10.5 Å². The molecule has 48 heavy (non-hydrogen) atoms. The Morgan fingerprint density at radius 3 is 2.08 bits per heavy atom. The van der Waals surface area contributed by atoms with Crippen LogP contribution < -0.4 is 11.5 Å². The van der Waals surface area contributed by atoms with E-state index in [1.807, 2.05) is 18.3 Å². The minimum absolute atomic E-state index is 0.475. The van der Waals surface area contributed by atoms with Crippen LogP contribution in [-0.4, -0.2) is 16.5 Å². The van der Waals surface area contributed by atoms with Crippen LogP contribution in [-0.2, 0) is 0 Å². The third-order valence-corrected chi connectivity index (χ3v) is 8.43. The van der Waals surface area contributed by atoms with E-state index in [0.717, 1.165) is 79.0 Å². The highest BCUT2D eigenvalue weighted by Crippen LogP contribution is 2.40. The highest BCUT2D eigenvalue weighted by Gasteiger charge is 2.14. The van der Waals surface area contributed by atoms with Crippen molar-refractivity contribution in [3.63, 3.8) is 0 Å².